The van der Waals surface area contributed by atoms with E-state index in [0.717, 1.165) is 13.1 Å². The maximum atomic E-state index is 11.6. The molecule has 0 spiro atoms. The van der Waals surface area contributed by atoms with E-state index in [9.17, 15) is 4.79 Å². The van der Waals surface area contributed by atoms with E-state index in [0.29, 0.717) is 6.42 Å². The third-order valence-electron chi connectivity index (χ3n) is 2.36. The second-order valence-corrected chi connectivity index (χ2v) is 4.63. The number of rotatable bonds is 5. The summed E-state index contributed by atoms with van der Waals surface area (Å²) in [7, 11) is 3.72. The fourth-order valence-electron chi connectivity index (χ4n) is 1.29. The van der Waals surface area contributed by atoms with E-state index in [-0.39, 0.29) is 18.3 Å². The first-order valence-corrected chi connectivity index (χ1v) is 5.94. The Morgan fingerprint density at radius 3 is 2.75 bits per heavy atom. The van der Waals surface area contributed by atoms with Gasteiger partial charge in [-0.05, 0) is 31.0 Å². The normalized spacial score (nSPS) is 9.69. The zero-order valence-corrected chi connectivity index (χ0v) is 11.6. The Bertz CT molecular complexity index is 328. The summed E-state index contributed by atoms with van der Waals surface area (Å²) in [6.45, 7) is 3.55. The van der Waals surface area contributed by atoms with E-state index < -0.39 is 0 Å². The van der Waals surface area contributed by atoms with Crippen molar-refractivity contribution in [3.8, 4) is 0 Å². The summed E-state index contributed by atoms with van der Waals surface area (Å²) >= 11 is 1.71. The summed E-state index contributed by atoms with van der Waals surface area (Å²) in [6, 6.07) is 2.09. The molecule has 0 radical (unpaired) electrons. The van der Waals surface area contributed by atoms with Crippen LogP contribution in [0.1, 0.15) is 16.9 Å². The molecule has 3 nitrogen and oxygen atoms in total. The Balaban J connectivity index is 0.00000225. The lowest BCUT2D eigenvalue weighted by Gasteiger charge is -2.16. The summed E-state index contributed by atoms with van der Waals surface area (Å²) in [5.41, 5.74) is 1.27. The Morgan fingerprint density at radius 2 is 2.25 bits per heavy atom. The lowest BCUT2D eigenvalue weighted by atomic mass is 10.2. The van der Waals surface area contributed by atoms with Gasteiger partial charge in [0.1, 0.15) is 0 Å². The molecule has 0 saturated carbocycles. The number of hydrogen-bond donors (Lipinski definition) is 1. The molecule has 16 heavy (non-hydrogen) atoms. The van der Waals surface area contributed by atoms with Crippen molar-refractivity contribution >= 4 is 29.7 Å². The van der Waals surface area contributed by atoms with Crippen LogP contribution in [0.5, 0.6) is 0 Å². The Hall–Kier alpha value is -0.580. The number of amides is 1. The largest absolute Gasteiger partial charge is 0.341 e. The molecule has 1 N–H and O–H groups in total. The van der Waals surface area contributed by atoms with Crippen molar-refractivity contribution < 1.29 is 4.79 Å². The van der Waals surface area contributed by atoms with Crippen molar-refractivity contribution in [1.82, 2.24) is 10.2 Å². The molecule has 0 atom stereocenters. The van der Waals surface area contributed by atoms with E-state index in [1.165, 1.54) is 10.4 Å². The fraction of sp³-hybridized carbons (Fsp3) is 0.545. The van der Waals surface area contributed by atoms with Crippen LogP contribution in [0, 0.1) is 6.92 Å². The average molecular weight is 263 g/mol. The highest BCUT2D eigenvalue weighted by Gasteiger charge is 2.10. The van der Waals surface area contributed by atoms with E-state index in [1.54, 1.807) is 16.2 Å². The molecule has 0 saturated heterocycles. The van der Waals surface area contributed by atoms with Gasteiger partial charge in [0, 0.05) is 24.9 Å². The highest BCUT2D eigenvalue weighted by Crippen LogP contribution is 2.17. The van der Waals surface area contributed by atoms with Crippen LogP contribution in [-0.4, -0.2) is 31.4 Å². The minimum atomic E-state index is 0. The molecular formula is C11H19ClN2OS. The molecule has 0 aliphatic rings. The van der Waals surface area contributed by atoms with Crippen molar-refractivity contribution in [3.63, 3.8) is 0 Å². The molecule has 0 aliphatic carbocycles. The summed E-state index contributed by atoms with van der Waals surface area (Å²) in [5, 5.41) is 5.04. The lowest BCUT2D eigenvalue weighted by molar-refractivity contribution is -0.130. The van der Waals surface area contributed by atoms with Gasteiger partial charge in [-0.1, -0.05) is 0 Å². The Kier molecular flexibility index (Phi) is 7.38. The Labute approximate surface area is 107 Å². The van der Waals surface area contributed by atoms with Crippen LogP contribution in [0.15, 0.2) is 11.4 Å². The van der Waals surface area contributed by atoms with E-state index in [2.05, 4.69) is 23.7 Å². The van der Waals surface area contributed by atoms with Gasteiger partial charge >= 0.3 is 0 Å². The van der Waals surface area contributed by atoms with Gasteiger partial charge in [-0.25, -0.2) is 0 Å². The number of nitrogens with zero attached hydrogens (tertiary/aromatic N) is 1. The lowest BCUT2D eigenvalue weighted by Crippen LogP contribution is -2.28. The zero-order valence-electron chi connectivity index (χ0n) is 9.95. The van der Waals surface area contributed by atoms with Crippen molar-refractivity contribution in [2.24, 2.45) is 0 Å². The third kappa shape index (κ3) is 4.51. The molecule has 0 fully saturated rings. The van der Waals surface area contributed by atoms with Crippen LogP contribution in [0.3, 0.4) is 0 Å². The van der Waals surface area contributed by atoms with Gasteiger partial charge in [0.15, 0.2) is 0 Å². The predicted octanol–water partition coefficient (Wildman–Crippen LogP) is 2.05. The molecule has 0 aromatic carbocycles. The highest BCUT2D eigenvalue weighted by molar-refractivity contribution is 7.10. The maximum Gasteiger partial charge on any atom is 0.223 e. The minimum absolute atomic E-state index is 0. The maximum absolute atomic E-state index is 11.6. The smallest absolute Gasteiger partial charge is 0.223 e. The molecule has 92 valence electrons. The quantitative estimate of drug-likeness (QED) is 0.881. The first-order valence-electron chi connectivity index (χ1n) is 5.06. The molecule has 0 aliphatic heterocycles. The standard InChI is InChI=1S/C11H18N2OS.ClH/c1-9-5-7-15-10(9)8-13(3)11(14)4-6-12-2;/h5,7,12H,4,6,8H2,1-3H3;1H. The molecule has 1 rings (SSSR count). The number of nitrogens with one attached hydrogen (secondary N) is 1. The van der Waals surface area contributed by atoms with Crippen molar-refractivity contribution in [1.29, 1.82) is 0 Å². The van der Waals surface area contributed by atoms with Gasteiger partial charge < -0.3 is 10.2 Å². The summed E-state index contributed by atoms with van der Waals surface area (Å²) in [6.07, 6.45) is 0.567. The topological polar surface area (TPSA) is 32.3 Å². The summed E-state index contributed by atoms with van der Waals surface area (Å²) in [4.78, 5) is 14.7. The molecule has 0 bridgehead atoms. The van der Waals surface area contributed by atoms with Gasteiger partial charge in [0.2, 0.25) is 5.91 Å². The first kappa shape index (κ1) is 15.4. The highest BCUT2D eigenvalue weighted by atomic mass is 35.5. The minimum Gasteiger partial charge on any atom is -0.341 e. The monoisotopic (exact) mass is 262 g/mol. The van der Waals surface area contributed by atoms with Gasteiger partial charge in [-0.2, -0.15) is 0 Å². The average Bonchev–Trinajstić information content (AvgIpc) is 2.61. The second kappa shape index (κ2) is 7.65. The number of thiophene rings is 1. The molecule has 1 aromatic heterocycles. The molecule has 1 heterocycles. The fourth-order valence-corrected chi connectivity index (χ4v) is 2.25. The third-order valence-corrected chi connectivity index (χ3v) is 3.37. The van der Waals surface area contributed by atoms with Crippen LogP contribution < -0.4 is 5.32 Å². The first-order chi connectivity index (χ1) is 7.15. The van der Waals surface area contributed by atoms with Crippen LogP contribution in [0.4, 0.5) is 0 Å². The van der Waals surface area contributed by atoms with Crippen molar-refractivity contribution in [2.75, 3.05) is 20.6 Å². The molecular weight excluding hydrogens is 244 g/mol. The van der Waals surface area contributed by atoms with Crippen LogP contribution in [0.2, 0.25) is 0 Å². The SMILES string of the molecule is CNCCC(=O)N(C)Cc1sccc1C.Cl. The van der Waals surface area contributed by atoms with E-state index in [4.69, 9.17) is 0 Å². The Morgan fingerprint density at radius 1 is 1.56 bits per heavy atom. The molecule has 0 unspecified atom stereocenters. The van der Waals surface area contributed by atoms with Gasteiger partial charge in [-0.3, -0.25) is 4.79 Å². The number of carbonyl (C=O) groups is 1. The second-order valence-electron chi connectivity index (χ2n) is 3.63. The molecule has 1 aromatic rings. The van der Waals surface area contributed by atoms with Crippen LogP contribution in [0.25, 0.3) is 0 Å². The summed E-state index contributed by atoms with van der Waals surface area (Å²) in [5.74, 6) is 0.192. The van der Waals surface area contributed by atoms with E-state index >= 15 is 0 Å². The van der Waals surface area contributed by atoms with Crippen molar-refractivity contribution in [3.05, 3.63) is 21.9 Å². The number of carbonyl (C=O) groups excluding carboxylic acids is 1. The van der Waals surface area contributed by atoms with Gasteiger partial charge in [0.05, 0.1) is 6.54 Å². The van der Waals surface area contributed by atoms with E-state index in [1.807, 2.05) is 14.1 Å². The zero-order chi connectivity index (χ0) is 11.3. The van der Waals surface area contributed by atoms with Crippen LogP contribution >= 0.6 is 23.7 Å². The van der Waals surface area contributed by atoms with Gasteiger partial charge in [-0.15, -0.1) is 23.7 Å². The predicted molar refractivity (Wildman–Crippen MR) is 71.3 cm³/mol. The molecule has 5 heteroatoms. The molecule has 1 amide bonds. The number of aryl methyl sites for hydroxylation is 1. The number of hydrogen-bond acceptors (Lipinski definition) is 3. The summed E-state index contributed by atoms with van der Waals surface area (Å²) < 4.78 is 0. The van der Waals surface area contributed by atoms with Crippen molar-refractivity contribution in [2.45, 2.75) is 19.9 Å². The van der Waals surface area contributed by atoms with Gasteiger partial charge in [0.25, 0.3) is 0 Å². The number of halogens is 1. The van der Waals surface area contributed by atoms with Crippen LogP contribution in [-0.2, 0) is 11.3 Å².